The minimum absolute atomic E-state index is 0.0350. The van der Waals surface area contributed by atoms with Crippen molar-refractivity contribution >= 4 is 23.3 Å². The molecule has 0 aliphatic carbocycles. The molecule has 18 heavy (non-hydrogen) atoms. The fourth-order valence-electron chi connectivity index (χ4n) is 1.86. The Labute approximate surface area is 103 Å². The molecule has 92 valence electrons. The number of anilines is 2. The summed E-state index contributed by atoms with van der Waals surface area (Å²) in [5.74, 6) is -1.11. The van der Waals surface area contributed by atoms with Gasteiger partial charge in [-0.3, -0.25) is 9.59 Å². The first-order chi connectivity index (χ1) is 8.60. The van der Waals surface area contributed by atoms with Gasteiger partial charge in [0.05, 0.1) is 36.0 Å². The Hall–Kier alpha value is -2.55. The first kappa shape index (κ1) is 11.9. The van der Waals surface area contributed by atoms with Crippen LogP contribution in [-0.4, -0.2) is 30.1 Å². The van der Waals surface area contributed by atoms with Gasteiger partial charge in [0.2, 0.25) is 5.91 Å². The molecule has 2 N–H and O–H groups in total. The average Bonchev–Trinajstić information content (AvgIpc) is 2.34. The molecule has 1 amide bonds. The maximum Gasteiger partial charge on any atom is 0.305 e. The number of rotatable bonds is 3. The van der Waals surface area contributed by atoms with Gasteiger partial charge in [0.15, 0.2) is 0 Å². The third-order valence-electron chi connectivity index (χ3n) is 2.67. The van der Waals surface area contributed by atoms with E-state index in [-0.39, 0.29) is 25.4 Å². The van der Waals surface area contributed by atoms with Crippen molar-refractivity contribution in [2.45, 2.75) is 6.42 Å². The van der Waals surface area contributed by atoms with Crippen LogP contribution in [-0.2, 0) is 9.59 Å². The van der Waals surface area contributed by atoms with E-state index in [0.717, 1.165) is 5.69 Å². The molecule has 1 aromatic carbocycles. The zero-order valence-electron chi connectivity index (χ0n) is 9.51. The van der Waals surface area contributed by atoms with Crippen molar-refractivity contribution in [1.29, 1.82) is 5.26 Å². The highest BCUT2D eigenvalue weighted by molar-refractivity contribution is 6.01. The second kappa shape index (κ2) is 4.75. The maximum absolute atomic E-state index is 11.5. The lowest BCUT2D eigenvalue weighted by Crippen LogP contribution is -2.39. The van der Waals surface area contributed by atoms with Crippen LogP contribution in [0.4, 0.5) is 11.4 Å². The number of nitrogens with zero attached hydrogens (tertiary/aromatic N) is 2. The SMILES string of the molecule is N#Cc1ccc2c(c1)NC(=O)CN2CCC(=O)O. The van der Waals surface area contributed by atoms with Gasteiger partial charge < -0.3 is 15.3 Å². The highest BCUT2D eigenvalue weighted by Gasteiger charge is 2.22. The van der Waals surface area contributed by atoms with Crippen LogP contribution in [0.1, 0.15) is 12.0 Å². The van der Waals surface area contributed by atoms with E-state index in [1.165, 1.54) is 0 Å². The van der Waals surface area contributed by atoms with E-state index >= 15 is 0 Å². The third kappa shape index (κ3) is 2.40. The molecule has 6 nitrogen and oxygen atoms in total. The number of hydrogen-bond donors (Lipinski definition) is 2. The fraction of sp³-hybridized carbons (Fsp3) is 0.250. The smallest absolute Gasteiger partial charge is 0.305 e. The summed E-state index contributed by atoms with van der Waals surface area (Å²) in [6, 6.07) is 6.94. The number of nitriles is 1. The van der Waals surface area contributed by atoms with Gasteiger partial charge in [-0.1, -0.05) is 0 Å². The van der Waals surface area contributed by atoms with E-state index in [2.05, 4.69) is 5.32 Å². The van der Waals surface area contributed by atoms with E-state index in [4.69, 9.17) is 10.4 Å². The lowest BCUT2D eigenvalue weighted by Gasteiger charge is -2.30. The van der Waals surface area contributed by atoms with Gasteiger partial charge in [-0.2, -0.15) is 5.26 Å². The molecule has 0 aromatic heterocycles. The van der Waals surface area contributed by atoms with Crippen LogP contribution >= 0.6 is 0 Å². The molecule has 0 saturated heterocycles. The van der Waals surface area contributed by atoms with Gasteiger partial charge in [0.25, 0.3) is 0 Å². The molecule has 0 atom stereocenters. The number of hydrogen-bond acceptors (Lipinski definition) is 4. The lowest BCUT2D eigenvalue weighted by atomic mass is 10.1. The van der Waals surface area contributed by atoms with Crippen LogP contribution in [0.15, 0.2) is 18.2 Å². The number of carboxylic acid groups (broad SMARTS) is 1. The van der Waals surface area contributed by atoms with Crippen molar-refractivity contribution < 1.29 is 14.7 Å². The monoisotopic (exact) mass is 245 g/mol. The Kier molecular flexibility index (Phi) is 3.15. The van der Waals surface area contributed by atoms with Gasteiger partial charge in [-0.15, -0.1) is 0 Å². The zero-order chi connectivity index (χ0) is 13.1. The Morgan fingerprint density at radius 3 is 3.00 bits per heavy atom. The average molecular weight is 245 g/mol. The summed E-state index contributed by atoms with van der Waals surface area (Å²) in [7, 11) is 0. The van der Waals surface area contributed by atoms with Crippen LogP contribution < -0.4 is 10.2 Å². The van der Waals surface area contributed by atoms with Crippen LogP contribution in [0.25, 0.3) is 0 Å². The normalized spacial score (nSPS) is 13.5. The Bertz CT molecular complexity index is 548. The molecule has 0 saturated carbocycles. The highest BCUT2D eigenvalue weighted by atomic mass is 16.4. The second-order valence-corrected chi connectivity index (χ2v) is 3.96. The van der Waals surface area contributed by atoms with Crippen LogP contribution in [0, 0.1) is 11.3 Å². The highest BCUT2D eigenvalue weighted by Crippen LogP contribution is 2.30. The molecular formula is C12H11N3O3. The van der Waals surface area contributed by atoms with E-state index in [0.29, 0.717) is 11.3 Å². The van der Waals surface area contributed by atoms with E-state index < -0.39 is 5.97 Å². The first-order valence-corrected chi connectivity index (χ1v) is 5.41. The molecule has 0 fully saturated rings. The topological polar surface area (TPSA) is 93.4 Å². The van der Waals surface area contributed by atoms with Crippen LogP contribution in [0.3, 0.4) is 0 Å². The quantitative estimate of drug-likeness (QED) is 0.821. The van der Waals surface area contributed by atoms with E-state index in [1.807, 2.05) is 6.07 Å². The van der Waals surface area contributed by atoms with Crippen molar-refractivity contribution in [3.8, 4) is 6.07 Å². The van der Waals surface area contributed by atoms with E-state index in [1.54, 1.807) is 23.1 Å². The van der Waals surface area contributed by atoms with Gasteiger partial charge in [-0.05, 0) is 18.2 Å². The summed E-state index contributed by atoms with van der Waals surface area (Å²) in [6.45, 7) is 0.397. The molecule has 1 aromatic rings. The largest absolute Gasteiger partial charge is 0.481 e. The molecule has 1 aliphatic heterocycles. The second-order valence-electron chi connectivity index (χ2n) is 3.96. The molecule has 6 heteroatoms. The molecule has 0 bridgehead atoms. The lowest BCUT2D eigenvalue weighted by molar-refractivity contribution is -0.136. The van der Waals surface area contributed by atoms with Crippen molar-refractivity contribution in [2.75, 3.05) is 23.3 Å². The standard InChI is InChI=1S/C12H11N3O3/c13-6-8-1-2-10-9(5-8)14-11(16)7-15(10)4-3-12(17)18/h1-2,5H,3-4,7H2,(H,14,16)(H,17,18). The number of benzene rings is 1. The summed E-state index contributed by atoms with van der Waals surface area (Å²) in [5.41, 5.74) is 1.75. The van der Waals surface area contributed by atoms with Crippen molar-refractivity contribution in [1.82, 2.24) is 0 Å². The van der Waals surface area contributed by atoms with E-state index in [9.17, 15) is 9.59 Å². The number of amides is 1. The summed E-state index contributed by atoms with van der Waals surface area (Å²) >= 11 is 0. The number of aliphatic carboxylic acids is 1. The Morgan fingerprint density at radius 1 is 1.56 bits per heavy atom. The minimum atomic E-state index is -0.906. The summed E-state index contributed by atoms with van der Waals surface area (Å²) in [4.78, 5) is 23.8. The number of carboxylic acids is 1. The zero-order valence-corrected chi connectivity index (χ0v) is 9.51. The fourth-order valence-corrected chi connectivity index (χ4v) is 1.86. The number of carbonyl (C=O) groups excluding carboxylic acids is 1. The molecule has 0 spiro atoms. The third-order valence-corrected chi connectivity index (χ3v) is 2.67. The number of carbonyl (C=O) groups is 2. The molecule has 2 rings (SSSR count). The van der Waals surface area contributed by atoms with Gasteiger partial charge >= 0.3 is 5.97 Å². The number of fused-ring (bicyclic) bond motifs is 1. The van der Waals surface area contributed by atoms with Crippen molar-refractivity contribution in [3.05, 3.63) is 23.8 Å². The van der Waals surface area contributed by atoms with Gasteiger partial charge in [-0.25, -0.2) is 0 Å². The molecule has 1 aliphatic rings. The van der Waals surface area contributed by atoms with Crippen molar-refractivity contribution in [3.63, 3.8) is 0 Å². The number of nitrogens with one attached hydrogen (secondary N) is 1. The van der Waals surface area contributed by atoms with Crippen LogP contribution in [0.2, 0.25) is 0 Å². The summed E-state index contributed by atoms with van der Waals surface area (Å²) in [6.07, 6.45) is -0.0350. The predicted octanol–water partition coefficient (Wildman–Crippen LogP) is 0.791. The summed E-state index contributed by atoms with van der Waals surface area (Å²) in [5, 5.41) is 20.1. The summed E-state index contributed by atoms with van der Waals surface area (Å²) < 4.78 is 0. The maximum atomic E-state index is 11.5. The molecular weight excluding hydrogens is 234 g/mol. The Balaban J connectivity index is 2.28. The van der Waals surface area contributed by atoms with Crippen LogP contribution in [0.5, 0.6) is 0 Å². The predicted molar refractivity (Wildman–Crippen MR) is 64.3 cm³/mol. The molecule has 0 unspecified atom stereocenters. The van der Waals surface area contributed by atoms with Gasteiger partial charge in [0.1, 0.15) is 0 Å². The molecule has 1 heterocycles. The first-order valence-electron chi connectivity index (χ1n) is 5.41. The molecule has 0 radical (unpaired) electrons. The Morgan fingerprint density at radius 2 is 2.33 bits per heavy atom. The van der Waals surface area contributed by atoms with Gasteiger partial charge in [0, 0.05) is 6.54 Å². The van der Waals surface area contributed by atoms with Crippen molar-refractivity contribution in [2.24, 2.45) is 0 Å². The minimum Gasteiger partial charge on any atom is -0.481 e.